The van der Waals surface area contributed by atoms with E-state index < -0.39 is 6.43 Å². The number of nitrogens with one attached hydrogen (secondary N) is 1. The summed E-state index contributed by atoms with van der Waals surface area (Å²) in [5.74, 6) is 0.293. The SMILES string of the molecule is N#Cc1ncccc1-c1c(-c2c(C(F)F)nn3c2OCCC3)[nH]c2ncccc12.OCCO. The average Bonchev–Trinajstić information content (AvgIpc) is 3.42. The van der Waals surface area contributed by atoms with Crippen molar-refractivity contribution in [2.24, 2.45) is 0 Å². The summed E-state index contributed by atoms with van der Waals surface area (Å²) in [5.41, 5.74) is 2.03. The van der Waals surface area contributed by atoms with Crippen LogP contribution in [0, 0.1) is 11.3 Å². The zero-order chi connectivity index (χ0) is 23.4. The van der Waals surface area contributed by atoms with Crippen molar-refractivity contribution in [1.82, 2.24) is 24.7 Å². The Morgan fingerprint density at radius 3 is 2.64 bits per heavy atom. The molecule has 0 atom stereocenters. The normalized spacial score (nSPS) is 12.6. The highest BCUT2D eigenvalue weighted by molar-refractivity contribution is 6.04. The van der Waals surface area contributed by atoms with E-state index >= 15 is 0 Å². The van der Waals surface area contributed by atoms with Gasteiger partial charge in [0.05, 0.1) is 31.1 Å². The molecule has 11 heteroatoms. The minimum Gasteiger partial charge on any atom is -0.477 e. The van der Waals surface area contributed by atoms with Crippen molar-refractivity contribution >= 4 is 11.0 Å². The zero-order valence-corrected chi connectivity index (χ0v) is 17.4. The van der Waals surface area contributed by atoms with Gasteiger partial charge in [0.15, 0.2) is 0 Å². The lowest BCUT2D eigenvalue weighted by molar-refractivity contribution is 0.145. The summed E-state index contributed by atoms with van der Waals surface area (Å²) >= 11 is 0. The van der Waals surface area contributed by atoms with Crippen LogP contribution in [-0.2, 0) is 6.54 Å². The highest BCUT2D eigenvalue weighted by Crippen LogP contribution is 2.46. The van der Waals surface area contributed by atoms with Crippen molar-refractivity contribution < 1.29 is 23.7 Å². The van der Waals surface area contributed by atoms with Gasteiger partial charge in [-0.1, -0.05) is 0 Å². The van der Waals surface area contributed by atoms with Crippen LogP contribution in [0.25, 0.3) is 33.4 Å². The topological polar surface area (TPSA) is 133 Å². The van der Waals surface area contributed by atoms with Crippen molar-refractivity contribution in [1.29, 1.82) is 5.26 Å². The van der Waals surface area contributed by atoms with Crippen LogP contribution in [0.2, 0.25) is 0 Å². The van der Waals surface area contributed by atoms with Gasteiger partial charge < -0.3 is 19.9 Å². The Morgan fingerprint density at radius 1 is 1.15 bits per heavy atom. The number of nitriles is 1. The summed E-state index contributed by atoms with van der Waals surface area (Å²) in [6.07, 6.45) is 1.03. The van der Waals surface area contributed by atoms with E-state index in [1.54, 1.807) is 24.4 Å². The molecule has 170 valence electrons. The van der Waals surface area contributed by atoms with Crippen LogP contribution >= 0.6 is 0 Å². The number of hydrogen-bond acceptors (Lipinski definition) is 7. The van der Waals surface area contributed by atoms with Crippen molar-refractivity contribution in [2.75, 3.05) is 19.8 Å². The van der Waals surface area contributed by atoms with Crippen molar-refractivity contribution in [3.8, 4) is 34.3 Å². The number of halogens is 2. The van der Waals surface area contributed by atoms with Gasteiger partial charge >= 0.3 is 0 Å². The van der Waals surface area contributed by atoms with Gasteiger partial charge in [0, 0.05) is 41.9 Å². The molecule has 0 saturated heterocycles. The molecule has 0 spiro atoms. The number of aliphatic hydroxyl groups excluding tert-OH is 2. The fraction of sp³-hybridized carbons (Fsp3) is 0.273. The van der Waals surface area contributed by atoms with E-state index in [0.29, 0.717) is 53.3 Å². The highest BCUT2D eigenvalue weighted by Gasteiger charge is 2.32. The summed E-state index contributed by atoms with van der Waals surface area (Å²) < 4.78 is 35.0. The molecule has 0 saturated carbocycles. The Hall–Kier alpha value is -3.88. The number of H-pyrrole nitrogens is 1. The second kappa shape index (κ2) is 9.72. The van der Waals surface area contributed by atoms with Crippen LogP contribution < -0.4 is 4.74 Å². The molecule has 4 aromatic rings. The van der Waals surface area contributed by atoms with Gasteiger partial charge in [0.1, 0.15) is 23.1 Å². The molecule has 0 aromatic carbocycles. The molecular weight excluding hydrogens is 434 g/mol. The van der Waals surface area contributed by atoms with Crippen LogP contribution in [-0.4, -0.2) is 54.8 Å². The number of ether oxygens (including phenoxy) is 1. The highest BCUT2D eigenvalue weighted by atomic mass is 19.3. The Morgan fingerprint density at radius 2 is 1.91 bits per heavy atom. The standard InChI is InChI=1S/C20H14F2N6O.C2H6O2/c21-18(22)17-15(20-28(27-17)8-3-9-29-20)16-14(11-4-1-6-24-13(11)10-23)12-5-2-7-25-19(12)26-16;3-1-2-4/h1-2,4-7,18H,3,8-9H2,(H,25,26);3-4H,1-2H2. The first kappa shape index (κ1) is 22.3. The Kier molecular flexibility index (Phi) is 6.58. The van der Waals surface area contributed by atoms with Crippen LogP contribution in [0.3, 0.4) is 0 Å². The number of pyridine rings is 2. The van der Waals surface area contributed by atoms with E-state index in [4.69, 9.17) is 14.9 Å². The number of alkyl halides is 2. The molecule has 1 aliphatic rings. The molecule has 0 aliphatic carbocycles. The van der Waals surface area contributed by atoms with Crippen molar-refractivity contribution in [3.63, 3.8) is 0 Å². The van der Waals surface area contributed by atoms with Gasteiger partial charge in [0.25, 0.3) is 6.43 Å². The summed E-state index contributed by atoms with van der Waals surface area (Å²) in [4.78, 5) is 11.6. The maximum atomic E-state index is 13.9. The monoisotopic (exact) mass is 454 g/mol. The molecule has 1 aliphatic heterocycles. The van der Waals surface area contributed by atoms with Crippen molar-refractivity contribution in [3.05, 3.63) is 48.0 Å². The predicted octanol–water partition coefficient (Wildman–Crippen LogP) is 3.05. The van der Waals surface area contributed by atoms with Gasteiger partial charge in [-0.2, -0.15) is 10.4 Å². The van der Waals surface area contributed by atoms with E-state index in [2.05, 4.69) is 26.1 Å². The molecule has 5 rings (SSSR count). The molecule has 33 heavy (non-hydrogen) atoms. The number of hydrogen-bond donors (Lipinski definition) is 3. The fourth-order valence-electron chi connectivity index (χ4n) is 3.72. The van der Waals surface area contributed by atoms with Crippen LogP contribution in [0.4, 0.5) is 8.78 Å². The van der Waals surface area contributed by atoms with E-state index in [9.17, 15) is 14.0 Å². The minimum absolute atomic E-state index is 0.125. The number of rotatable bonds is 4. The molecule has 3 N–H and O–H groups in total. The third-order valence-electron chi connectivity index (χ3n) is 5.00. The fourth-order valence-corrected chi connectivity index (χ4v) is 3.72. The van der Waals surface area contributed by atoms with Gasteiger partial charge in [-0.05, 0) is 24.3 Å². The lowest BCUT2D eigenvalue weighted by Gasteiger charge is -2.16. The third-order valence-corrected chi connectivity index (χ3v) is 5.00. The molecule has 0 unspecified atom stereocenters. The number of aliphatic hydroxyl groups is 2. The Bertz CT molecular complexity index is 1310. The number of aryl methyl sites for hydroxylation is 1. The molecule has 0 bridgehead atoms. The largest absolute Gasteiger partial charge is 0.477 e. The lowest BCUT2D eigenvalue weighted by Crippen LogP contribution is -2.15. The zero-order valence-electron chi connectivity index (χ0n) is 17.4. The maximum absolute atomic E-state index is 13.9. The van der Waals surface area contributed by atoms with Gasteiger partial charge in [0.2, 0.25) is 5.88 Å². The number of aromatic amines is 1. The van der Waals surface area contributed by atoms with Gasteiger partial charge in [-0.25, -0.2) is 23.4 Å². The predicted molar refractivity (Wildman–Crippen MR) is 115 cm³/mol. The summed E-state index contributed by atoms with van der Waals surface area (Å²) in [6, 6.07) is 9.09. The summed E-state index contributed by atoms with van der Waals surface area (Å²) in [5, 5.41) is 29.6. The smallest absolute Gasteiger partial charge is 0.282 e. The lowest BCUT2D eigenvalue weighted by atomic mass is 9.97. The molecule has 0 radical (unpaired) electrons. The first-order valence-electron chi connectivity index (χ1n) is 10.2. The molecular formula is C22H20F2N6O3. The third kappa shape index (κ3) is 4.13. The quantitative estimate of drug-likeness (QED) is 0.432. The molecule has 9 nitrogen and oxygen atoms in total. The van der Waals surface area contributed by atoms with Crippen molar-refractivity contribution in [2.45, 2.75) is 19.4 Å². The van der Waals surface area contributed by atoms with Gasteiger partial charge in [-0.3, -0.25) is 0 Å². The number of aromatic nitrogens is 5. The first-order chi connectivity index (χ1) is 16.1. The minimum atomic E-state index is -2.79. The van der Waals surface area contributed by atoms with E-state index in [0.717, 1.165) is 0 Å². The van der Waals surface area contributed by atoms with Crippen LogP contribution in [0.1, 0.15) is 24.2 Å². The molecule has 0 amide bonds. The summed E-state index contributed by atoms with van der Waals surface area (Å²) in [7, 11) is 0. The molecule has 5 heterocycles. The second-order valence-corrected chi connectivity index (χ2v) is 7.02. The van der Waals surface area contributed by atoms with Crippen LogP contribution in [0.5, 0.6) is 5.88 Å². The van der Waals surface area contributed by atoms with E-state index in [1.165, 1.54) is 10.9 Å². The van der Waals surface area contributed by atoms with E-state index in [1.807, 2.05) is 6.07 Å². The van der Waals surface area contributed by atoms with Crippen LogP contribution in [0.15, 0.2) is 36.7 Å². The van der Waals surface area contributed by atoms with Gasteiger partial charge in [-0.15, -0.1) is 0 Å². The Labute approximate surface area is 186 Å². The first-order valence-corrected chi connectivity index (χ1v) is 10.2. The maximum Gasteiger partial charge on any atom is 0.282 e. The molecule has 4 aromatic heterocycles. The number of fused-ring (bicyclic) bond motifs is 2. The van der Waals surface area contributed by atoms with E-state index in [-0.39, 0.29) is 30.2 Å². The second-order valence-electron chi connectivity index (χ2n) is 7.02. The number of nitrogens with zero attached hydrogens (tertiary/aromatic N) is 5. The average molecular weight is 454 g/mol. The Balaban J connectivity index is 0.000000601. The summed E-state index contributed by atoms with van der Waals surface area (Å²) in [6.45, 7) is 0.671. The molecule has 0 fully saturated rings.